The molecule has 0 heterocycles. The quantitative estimate of drug-likeness (QED) is 0.368. The van der Waals surface area contributed by atoms with Gasteiger partial charge in [-0.3, -0.25) is 4.79 Å². The molecule has 1 unspecified atom stereocenters. The van der Waals surface area contributed by atoms with E-state index in [0.717, 1.165) is 6.08 Å². The van der Waals surface area contributed by atoms with Crippen LogP contribution in [0.1, 0.15) is 19.3 Å². The van der Waals surface area contributed by atoms with Crippen LogP contribution in [0.15, 0.2) is 12.7 Å². The number of esters is 2. The van der Waals surface area contributed by atoms with Crippen molar-refractivity contribution >= 4 is 11.9 Å². The zero-order chi connectivity index (χ0) is 11.7. The summed E-state index contributed by atoms with van der Waals surface area (Å²) in [6, 6.07) is 0. The number of hydrogen-bond donors (Lipinski definition) is 0. The van der Waals surface area contributed by atoms with Crippen molar-refractivity contribution < 1.29 is 23.5 Å². The van der Waals surface area contributed by atoms with Crippen molar-refractivity contribution in [2.45, 2.75) is 25.4 Å². The molecule has 0 bridgehead atoms. The summed E-state index contributed by atoms with van der Waals surface area (Å²) in [5, 5.41) is 0. The molecule has 0 aromatic heterocycles. The summed E-state index contributed by atoms with van der Waals surface area (Å²) in [5.41, 5.74) is 0. The Hall–Kier alpha value is -1.39. The van der Waals surface area contributed by atoms with Crippen LogP contribution in [0.2, 0.25) is 0 Å². The summed E-state index contributed by atoms with van der Waals surface area (Å²) < 4.78 is 21.9. The van der Waals surface area contributed by atoms with Crippen LogP contribution in [0.5, 0.6) is 0 Å². The number of ether oxygens (including phenoxy) is 2. The maximum absolute atomic E-state index is 13.0. The Morgan fingerprint density at radius 3 is 2.73 bits per heavy atom. The lowest BCUT2D eigenvalue weighted by Crippen LogP contribution is -2.12. The molecular formula is C10H15FO4. The van der Waals surface area contributed by atoms with E-state index in [0.29, 0.717) is 6.42 Å². The molecule has 0 aliphatic carbocycles. The molecular weight excluding hydrogens is 203 g/mol. The minimum Gasteiger partial charge on any atom is -0.469 e. The maximum atomic E-state index is 13.0. The maximum Gasteiger partial charge on any atom is 0.330 e. The van der Waals surface area contributed by atoms with Crippen molar-refractivity contribution in [2.75, 3.05) is 13.7 Å². The first-order valence-electron chi connectivity index (χ1n) is 4.60. The standard InChI is InChI=1S/C10H15FO4/c1-3-9(12)15-6-4-5-8(11)7-10(13)14-2/h3,8H,1,4-7H2,2H3. The zero-order valence-corrected chi connectivity index (χ0v) is 8.70. The average Bonchev–Trinajstić information content (AvgIpc) is 2.23. The second kappa shape index (κ2) is 7.96. The molecule has 86 valence electrons. The van der Waals surface area contributed by atoms with Crippen molar-refractivity contribution in [3.63, 3.8) is 0 Å². The average molecular weight is 218 g/mol. The zero-order valence-electron chi connectivity index (χ0n) is 8.70. The molecule has 0 fully saturated rings. The Labute approximate surface area is 88.0 Å². The highest BCUT2D eigenvalue weighted by Gasteiger charge is 2.12. The lowest BCUT2D eigenvalue weighted by atomic mass is 10.2. The van der Waals surface area contributed by atoms with Crippen LogP contribution < -0.4 is 0 Å². The summed E-state index contributed by atoms with van der Waals surface area (Å²) in [6.07, 6.45) is 0.0738. The molecule has 0 N–H and O–H groups in total. The lowest BCUT2D eigenvalue weighted by Gasteiger charge is -2.06. The highest BCUT2D eigenvalue weighted by atomic mass is 19.1. The Bertz CT molecular complexity index is 227. The summed E-state index contributed by atoms with van der Waals surface area (Å²) >= 11 is 0. The molecule has 0 aliphatic rings. The van der Waals surface area contributed by atoms with Gasteiger partial charge in [0.2, 0.25) is 0 Å². The van der Waals surface area contributed by atoms with Gasteiger partial charge in [-0.1, -0.05) is 6.58 Å². The summed E-state index contributed by atoms with van der Waals surface area (Å²) in [5.74, 6) is -1.11. The molecule has 0 saturated heterocycles. The van der Waals surface area contributed by atoms with Crippen molar-refractivity contribution in [3.05, 3.63) is 12.7 Å². The van der Waals surface area contributed by atoms with E-state index in [2.05, 4.69) is 16.1 Å². The van der Waals surface area contributed by atoms with Gasteiger partial charge in [-0.25, -0.2) is 9.18 Å². The normalized spacial score (nSPS) is 11.6. The molecule has 0 saturated carbocycles. The predicted molar refractivity (Wildman–Crippen MR) is 51.9 cm³/mol. The van der Waals surface area contributed by atoms with Crippen molar-refractivity contribution in [1.29, 1.82) is 0 Å². The third-order valence-electron chi connectivity index (χ3n) is 1.69. The Balaban J connectivity index is 3.46. The third kappa shape index (κ3) is 7.66. The fourth-order valence-corrected chi connectivity index (χ4v) is 0.903. The summed E-state index contributed by atoms with van der Waals surface area (Å²) in [7, 11) is 1.21. The van der Waals surface area contributed by atoms with E-state index >= 15 is 0 Å². The van der Waals surface area contributed by atoms with Crippen LogP contribution in [0.4, 0.5) is 4.39 Å². The fraction of sp³-hybridized carbons (Fsp3) is 0.600. The van der Waals surface area contributed by atoms with Crippen LogP contribution >= 0.6 is 0 Å². The van der Waals surface area contributed by atoms with E-state index in [-0.39, 0.29) is 19.4 Å². The molecule has 4 nitrogen and oxygen atoms in total. The van der Waals surface area contributed by atoms with Gasteiger partial charge in [0.05, 0.1) is 20.1 Å². The lowest BCUT2D eigenvalue weighted by molar-refractivity contribution is -0.142. The number of alkyl halides is 1. The third-order valence-corrected chi connectivity index (χ3v) is 1.69. The molecule has 0 rings (SSSR count). The van der Waals surface area contributed by atoms with Gasteiger partial charge in [-0.05, 0) is 12.8 Å². The van der Waals surface area contributed by atoms with Crippen LogP contribution in [-0.4, -0.2) is 31.8 Å². The molecule has 0 aliphatic heterocycles. The summed E-state index contributed by atoms with van der Waals surface area (Å²) in [4.78, 5) is 21.2. The van der Waals surface area contributed by atoms with Gasteiger partial charge in [-0.2, -0.15) is 0 Å². The van der Waals surface area contributed by atoms with Crippen molar-refractivity contribution in [2.24, 2.45) is 0 Å². The molecule has 0 radical (unpaired) electrons. The van der Waals surface area contributed by atoms with Crippen LogP contribution in [0.3, 0.4) is 0 Å². The second-order valence-electron chi connectivity index (χ2n) is 2.89. The molecule has 0 spiro atoms. The van der Waals surface area contributed by atoms with E-state index in [1.807, 2.05) is 0 Å². The largest absolute Gasteiger partial charge is 0.469 e. The fourth-order valence-electron chi connectivity index (χ4n) is 0.903. The Kier molecular flexibility index (Phi) is 7.23. The van der Waals surface area contributed by atoms with Crippen molar-refractivity contribution in [1.82, 2.24) is 0 Å². The van der Waals surface area contributed by atoms with Gasteiger partial charge in [0.15, 0.2) is 0 Å². The Morgan fingerprint density at radius 1 is 1.53 bits per heavy atom. The number of methoxy groups -OCH3 is 1. The molecule has 5 heteroatoms. The first-order valence-corrected chi connectivity index (χ1v) is 4.60. The van der Waals surface area contributed by atoms with Gasteiger partial charge in [-0.15, -0.1) is 0 Å². The van der Waals surface area contributed by atoms with Gasteiger partial charge < -0.3 is 9.47 Å². The topological polar surface area (TPSA) is 52.6 Å². The minimum atomic E-state index is -1.25. The van der Waals surface area contributed by atoms with Gasteiger partial charge >= 0.3 is 11.9 Å². The molecule has 15 heavy (non-hydrogen) atoms. The Morgan fingerprint density at radius 2 is 2.20 bits per heavy atom. The SMILES string of the molecule is C=CC(=O)OCCCC(F)CC(=O)OC. The minimum absolute atomic E-state index is 0.131. The number of carbonyl (C=O) groups is 2. The van der Waals surface area contributed by atoms with Gasteiger partial charge in [0, 0.05) is 6.08 Å². The van der Waals surface area contributed by atoms with E-state index < -0.39 is 18.1 Å². The first-order chi connectivity index (χ1) is 7.10. The highest BCUT2D eigenvalue weighted by molar-refractivity contribution is 5.81. The van der Waals surface area contributed by atoms with E-state index in [1.165, 1.54) is 7.11 Å². The van der Waals surface area contributed by atoms with Crippen LogP contribution in [-0.2, 0) is 19.1 Å². The van der Waals surface area contributed by atoms with E-state index in [4.69, 9.17) is 0 Å². The van der Waals surface area contributed by atoms with Gasteiger partial charge in [0.25, 0.3) is 0 Å². The smallest absolute Gasteiger partial charge is 0.330 e. The molecule has 1 atom stereocenters. The van der Waals surface area contributed by atoms with Gasteiger partial charge in [0.1, 0.15) is 6.17 Å². The summed E-state index contributed by atoms with van der Waals surface area (Å²) in [6.45, 7) is 3.35. The molecule has 0 amide bonds. The monoisotopic (exact) mass is 218 g/mol. The van der Waals surface area contributed by atoms with Crippen LogP contribution in [0.25, 0.3) is 0 Å². The van der Waals surface area contributed by atoms with Crippen LogP contribution in [0, 0.1) is 0 Å². The first kappa shape index (κ1) is 13.6. The number of hydrogen-bond acceptors (Lipinski definition) is 4. The number of carbonyl (C=O) groups excluding carboxylic acids is 2. The van der Waals surface area contributed by atoms with Crippen molar-refractivity contribution in [3.8, 4) is 0 Å². The number of halogens is 1. The van der Waals surface area contributed by atoms with E-state index in [1.54, 1.807) is 0 Å². The number of rotatable bonds is 7. The molecule has 0 aromatic carbocycles. The highest BCUT2D eigenvalue weighted by Crippen LogP contribution is 2.07. The van der Waals surface area contributed by atoms with E-state index in [9.17, 15) is 14.0 Å². The second-order valence-corrected chi connectivity index (χ2v) is 2.89. The molecule has 0 aromatic rings. The predicted octanol–water partition coefficient (Wildman–Crippen LogP) is 1.40.